The van der Waals surface area contributed by atoms with Crippen molar-refractivity contribution < 1.29 is 36.8 Å². The zero-order valence-electron chi connectivity index (χ0n) is 16.9. The van der Waals surface area contributed by atoms with Gasteiger partial charge in [-0.3, -0.25) is 13.6 Å². The molecule has 0 amide bonds. The Morgan fingerprint density at radius 3 is 2.80 bits per heavy atom. The number of anilines is 1. The highest BCUT2D eigenvalue weighted by Crippen LogP contribution is 2.51. The molecule has 1 fully saturated rings. The summed E-state index contributed by atoms with van der Waals surface area (Å²) in [4.78, 5) is 21.7. The van der Waals surface area contributed by atoms with Crippen molar-refractivity contribution in [2.75, 3.05) is 18.9 Å². The molecule has 0 aromatic carbocycles. The maximum atomic E-state index is 15.3. The Bertz CT molecular complexity index is 973. The fourth-order valence-electron chi connectivity index (χ4n) is 3.19. The predicted octanol–water partition coefficient (Wildman–Crippen LogP) is 2.66. The SMILES string of the molecule is CCOc1nc(N)nc2c1ncn2[C@@H]1O[C@](F)(COP(=O)(O)OC(C)C)C[C@@]1(C)F. The molecule has 4 atom stereocenters. The number of hydrogen-bond acceptors (Lipinski definition) is 9. The lowest BCUT2D eigenvalue weighted by Crippen LogP contribution is -2.29. The van der Waals surface area contributed by atoms with Gasteiger partial charge in [0, 0.05) is 6.42 Å². The molecule has 0 spiro atoms. The standard InChI is InChI=1S/C16H24F2N5O6P/c1-5-26-12-10-11(21-14(19)22-12)23(8-20-10)13-15(4,17)6-16(18,28-13)7-27-30(24,25)29-9(2)3/h8-9,13H,5-7H2,1-4H3,(H,24,25)(H2,19,21,22)/t13-,15-,16+/m1/s1. The van der Waals surface area contributed by atoms with Crippen LogP contribution in [0.5, 0.6) is 5.88 Å². The molecule has 0 radical (unpaired) electrons. The van der Waals surface area contributed by atoms with Crippen LogP contribution in [0.4, 0.5) is 14.7 Å². The van der Waals surface area contributed by atoms with Gasteiger partial charge in [0.2, 0.25) is 17.7 Å². The Morgan fingerprint density at radius 2 is 2.17 bits per heavy atom. The minimum Gasteiger partial charge on any atom is -0.476 e. The third-order valence-corrected chi connectivity index (χ3v) is 5.32. The van der Waals surface area contributed by atoms with Crippen LogP contribution < -0.4 is 10.5 Å². The summed E-state index contributed by atoms with van der Waals surface area (Å²) in [5.41, 5.74) is 3.73. The first-order valence-corrected chi connectivity index (χ1v) is 10.7. The van der Waals surface area contributed by atoms with E-state index in [0.29, 0.717) is 0 Å². The Morgan fingerprint density at radius 1 is 1.47 bits per heavy atom. The number of aromatic nitrogens is 4. The second kappa shape index (κ2) is 7.97. The molecular formula is C16H24F2N5O6P. The molecule has 0 aliphatic carbocycles. The number of nitrogen functional groups attached to an aromatic ring is 1. The maximum absolute atomic E-state index is 15.3. The van der Waals surface area contributed by atoms with Crippen LogP contribution in [0.15, 0.2) is 6.33 Å². The number of rotatable bonds is 8. The van der Waals surface area contributed by atoms with Crippen LogP contribution in [0.25, 0.3) is 11.2 Å². The second-order valence-electron chi connectivity index (χ2n) is 7.35. The quantitative estimate of drug-likeness (QED) is 0.575. The monoisotopic (exact) mass is 451 g/mol. The van der Waals surface area contributed by atoms with Gasteiger partial charge in [-0.2, -0.15) is 9.97 Å². The molecule has 3 heterocycles. The summed E-state index contributed by atoms with van der Waals surface area (Å²) in [7, 11) is -4.54. The average Bonchev–Trinajstić information content (AvgIpc) is 3.10. The Hall–Kier alpha value is -1.92. The van der Waals surface area contributed by atoms with E-state index in [1.807, 2.05) is 0 Å². The first-order valence-electron chi connectivity index (χ1n) is 9.20. The summed E-state index contributed by atoms with van der Waals surface area (Å²) < 4.78 is 63.6. The topological polar surface area (TPSA) is 144 Å². The van der Waals surface area contributed by atoms with Gasteiger partial charge < -0.3 is 20.1 Å². The highest BCUT2D eigenvalue weighted by molar-refractivity contribution is 7.47. The maximum Gasteiger partial charge on any atom is 0.472 e. The molecule has 1 aliphatic rings. The molecule has 3 N–H and O–H groups in total. The normalized spacial score (nSPS) is 28.9. The first-order chi connectivity index (χ1) is 13.9. The molecule has 0 saturated carbocycles. The van der Waals surface area contributed by atoms with E-state index in [9.17, 15) is 9.46 Å². The smallest absolute Gasteiger partial charge is 0.472 e. The van der Waals surface area contributed by atoms with Crippen molar-refractivity contribution in [3.8, 4) is 5.88 Å². The van der Waals surface area contributed by atoms with Gasteiger partial charge in [-0.25, -0.2) is 18.3 Å². The number of fused-ring (bicyclic) bond motifs is 1. The molecule has 1 aliphatic heterocycles. The lowest BCUT2D eigenvalue weighted by Gasteiger charge is -2.23. The van der Waals surface area contributed by atoms with Gasteiger partial charge in [0.1, 0.15) is 6.61 Å². The fraction of sp³-hybridized carbons (Fsp3) is 0.688. The third kappa shape index (κ3) is 4.70. The van der Waals surface area contributed by atoms with Crippen LogP contribution in [0.1, 0.15) is 40.3 Å². The Labute approximate surface area is 171 Å². The molecular weight excluding hydrogens is 427 g/mol. The van der Waals surface area contributed by atoms with Gasteiger partial charge in [0.05, 0.1) is 19.0 Å². The van der Waals surface area contributed by atoms with E-state index in [4.69, 9.17) is 19.7 Å². The zero-order chi connectivity index (χ0) is 22.3. The van der Waals surface area contributed by atoms with E-state index < -0.39 is 44.7 Å². The van der Waals surface area contributed by atoms with Crippen LogP contribution in [0.3, 0.4) is 0 Å². The average molecular weight is 451 g/mol. The second-order valence-corrected chi connectivity index (χ2v) is 8.75. The third-order valence-electron chi connectivity index (χ3n) is 4.18. The van der Waals surface area contributed by atoms with Gasteiger partial charge in [0.15, 0.2) is 23.1 Å². The van der Waals surface area contributed by atoms with Crippen LogP contribution in [-0.2, 0) is 18.3 Å². The molecule has 2 aromatic heterocycles. The number of imidazole rings is 1. The Kier molecular flexibility index (Phi) is 6.04. The van der Waals surface area contributed by atoms with E-state index in [2.05, 4.69) is 19.5 Å². The highest BCUT2D eigenvalue weighted by Gasteiger charge is 2.57. The lowest BCUT2D eigenvalue weighted by molar-refractivity contribution is -0.179. The van der Waals surface area contributed by atoms with Crippen molar-refractivity contribution in [3.05, 3.63) is 6.33 Å². The molecule has 2 aromatic rings. The largest absolute Gasteiger partial charge is 0.476 e. The number of nitrogens with zero attached hydrogens (tertiary/aromatic N) is 4. The van der Waals surface area contributed by atoms with Crippen molar-refractivity contribution >= 4 is 24.9 Å². The Balaban J connectivity index is 1.88. The van der Waals surface area contributed by atoms with Gasteiger partial charge in [0.25, 0.3) is 0 Å². The lowest BCUT2D eigenvalue weighted by atomic mass is 10.0. The number of alkyl halides is 2. The van der Waals surface area contributed by atoms with Crippen molar-refractivity contribution in [2.45, 2.75) is 58.0 Å². The molecule has 0 bridgehead atoms. The van der Waals surface area contributed by atoms with Crippen LogP contribution in [-0.4, -0.2) is 55.3 Å². The minimum absolute atomic E-state index is 0.0842. The van der Waals surface area contributed by atoms with Crippen molar-refractivity contribution in [3.63, 3.8) is 0 Å². The summed E-state index contributed by atoms with van der Waals surface area (Å²) in [5, 5.41) is 0. The van der Waals surface area contributed by atoms with Gasteiger partial charge in [-0.15, -0.1) is 0 Å². The molecule has 1 unspecified atom stereocenters. The van der Waals surface area contributed by atoms with Crippen LogP contribution in [0.2, 0.25) is 0 Å². The summed E-state index contributed by atoms with van der Waals surface area (Å²) in [6, 6.07) is 0. The van der Waals surface area contributed by atoms with Gasteiger partial charge in [-0.05, 0) is 27.7 Å². The number of halogens is 2. The molecule has 1 saturated heterocycles. The molecule has 168 valence electrons. The summed E-state index contributed by atoms with van der Waals surface area (Å²) in [6.07, 6.45) is -1.72. The molecule has 14 heteroatoms. The van der Waals surface area contributed by atoms with Crippen LogP contribution >= 0.6 is 7.82 Å². The van der Waals surface area contributed by atoms with E-state index in [-0.39, 0.29) is 29.6 Å². The van der Waals surface area contributed by atoms with Crippen molar-refractivity contribution in [2.24, 2.45) is 0 Å². The number of ether oxygens (including phenoxy) is 2. The van der Waals surface area contributed by atoms with Gasteiger partial charge in [-0.1, -0.05) is 0 Å². The van der Waals surface area contributed by atoms with E-state index in [0.717, 1.165) is 6.92 Å². The number of phosphoric acid groups is 1. The first kappa shape index (κ1) is 22.8. The summed E-state index contributed by atoms with van der Waals surface area (Å²) in [5.74, 6) is -2.75. The van der Waals surface area contributed by atoms with Gasteiger partial charge >= 0.3 is 7.82 Å². The molecule has 11 nitrogen and oxygen atoms in total. The van der Waals surface area contributed by atoms with E-state index in [1.165, 1.54) is 24.7 Å². The number of hydrogen-bond donors (Lipinski definition) is 2. The minimum atomic E-state index is -4.54. The van der Waals surface area contributed by atoms with Crippen molar-refractivity contribution in [1.82, 2.24) is 19.5 Å². The predicted molar refractivity (Wildman–Crippen MR) is 101 cm³/mol. The summed E-state index contributed by atoms with van der Waals surface area (Å²) >= 11 is 0. The van der Waals surface area contributed by atoms with E-state index in [1.54, 1.807) is 6.92 Å². The number of phosphoric ester groups is 1. The van der Waals surface area contributed by atoms with Crippen molar-refractivity contribution in [1.29, 1.82) is 0 Å². The molecule has 30 heavy (non-hydrogen) atoms. The van der Waals surface area contributed by atoms with Crippen LogP contribution in [0, 0.1) is 0 Å². The van der Waals surface area contributed by atoms with E-state index >= 15 is 8.78 Å². The molecule has 3 rings (SSSR count). The summed E-state index contributed by atoms with van der Waals surface area (Å²) in [6.45, 7) is 5.14. The highest BCUT2D eigenvalue weighted by atomic mass is 31.2. The zero-order valence-corrected chi connectivity index (χ0v) is 17.8. The number of nitrogens with two attached hydrogens (primary N) is 1. The fourth-order valence-corrected chi connectivity index (χ4v) is 4.14.